The summed E-state index contributed by atoms with van der Waals surface area (Å²) >= 11 is 1.05. The van der Waals surface area contributed by atoms with Gasteiger partial charge in [0.05, 0.1) is 11.1 Å². The molecule has 5 amide bonds. The molecular weight excluding hydrogens is 683 g/mol. The van der Waals surface area contributed by atoms with Crippen molar-refractivity contribution in [1.82, 2.24) is 31.6 Å². The van der Waals surface area contributed by atoms with Crippen LogP contribution in [0.3, 0.4) is 0 Å². The zero-order valence-corrected chi connectivity index (χ0v) is 29.7. The largest absolute Gasteiger partial charge is 0.480 e. The van der Waals surface area contributed by atoms with Crippen molar-refractivity contribution in [1.29, 1.82) is 0 Å². The van der Waals surface area contributed by atoms with Crippen LogP contribution in [0.1, 0.15) is 55.6 Å². The van der Waals surface area contributed by atoms with Crippen LogP contribution in [0.15, 0.2) is 47.5 Å². The Bertz CT molecular complexity index is 1810. The van der Waals surface area contributed by atoms with E-state index in [1.807, 2.05) is 13.8 Å². The molecular formula is C35H43FN6O8S. The number of hydrogen-bond donors (Lipinski definition) is 8. The summed E-state index contributed by atoms with van der Waals surface area (Å²) in [6.07, 6.45) is -1.39. The van der Waals surface area contributed by atoms with Crippen LogP contribution < -0.4 is 26.6 Å². The number of carbonyl (C=O) groups is 6. The van der Waals surface area contributed by atoms with Crippen molar-refractivity contribution in [2.45, 2.75) is 88.8 Å². The van der Waals surface area contributed by atoms with E-state index in [-0.39, 0.29) is 30.1 Å². The van der Waals surface area contributed by atoms with Crippen molar-refractivity contribution in [3.05, 3.63) is 65.0 Å². The van der Waals surface area contributed by atoms with Gasteiger partial charge in [0.2, 0.25) is 23.6 Å². The maximum absolute atomic E-state index is 14.1. The van der Waals surface area contributed by atoms with Gasteiger partial charge in [-0.3, -0.25) is 24.0 Å². The Morgan fingerprint density at radius 3 is 2.31 bits per heavy atom. The molecule has 3 aromatic rings. The molecule has 14 nitrogen and oxygen atoms in total. The number of fused-ring (bicyclic) bond motifs is 3. The van der Waals surface area contributed by atoms with E-state index in [0.717, 1.165) is 17.8 Å². The van der Waals surface area contributed by atoms with Crippen LogP contribution in [0.4, 0.5) is 4.39 Å². The molecule has 16 heteroatoms. The molecule has 0 radical (unpaired) electrons. The monoisotopic (exact) mass is 726 g/mol. The normalized spacial score (nSPS) is 23.2. The number of carboxylic acid groups (broad SMARTS) is 1. The summed E-state index contributed by atoms with van der Waals surface area (Å²) < 4.78 is 13.9. The molecule has 0 bridgehead atoms. The molecule has 2 aromatic carbocycles. The Balaban J connectivity index is 1.82. The van der Waals surface area contributed by atoms with Gasteiger partial charge >= 0.3 is 5.97 Å². The summed E-state index contributed by atoms with van der Waals surface area (Å²) in [5, 5.41) is 34.2. The number of nitrogens with one attached hydrogen (secondary N) is 6. The standard InChI is InChI=1S/C35H43FN6O8S/c1-16(2)12-25-31(46)37-18(4)29(44)42-28(19(5)43)33(48)40-27(35(49)50)15-51-34-23(22-8-6-7-9-24(22)41-34)14-26(32(47)39-25)38-30(45)21-11-10-20(36)13-17(21)3/h6-11,13,16,18-19,25-28,41,43H,12,14-15H2,1-5H3,(H,37,46)(H,38,45)(H,39,47)(H,40,48)(H,42,44)(H,49,50)/t18-,19-,25+,26+,27+,28+/m1/s1. The molecule has 0 saturated carbocycles. The Morgan fingerprint density at radius 1 is 0.961 bits per heavy atom. The number of aryl methyl sites for hydroxylation is 1. The summed E-state index contributed by atoms with van der Waals surface area (Å²) in [6.45, 7) is 7.83. The molecule has 0 saturated heterocycles. The number of rotatable bonds is 6. The Kier molecular flexibility index (Phi) is 12.8. The van der Waals surface area contributed by atoms with Gasteiger partial charge in [-0.15, -0.1) is 11.8 Å². The molecule has 1 aliphatic heterocycles. The number of benzene rings is 2. The molecule has 0 unspecified atom stereocenters. The molecule has 2 heterocycles. The lowest BCUT2D eigenvalue weighted by molar-refractivity contribution is -0.142. The van der Waals surface area contributed by atoms with Crippen molar-refractivity contribution < 1.29 is 43.4 Å². The number of aliphatic hydroxyl groups is 1. The number of aliphatic carboxylic acids is 1. The summed E-state index contributed by atoms with van der Waals surface area (Å²) in [7, 11) is 0. The van der Waals surface area contributed by atoms with Gasteiger partial charge in [0.1, 0.15) is 36.0 Å². The van der Waals surface area contributed by atoms with Crippen LogP contribution in [0.25, 0.3) is 10.9 Å². The van der Waals surface area contributed by atoms with Crippen LogP contribution in [0.2, 0.25) is 0 Å². The van der Waals surface area contributed by atoms with Gasteiger partial charge in [0, 0.05) is 28.6 Å². The van der Waals surface area contributed by atoms with E-state index in [4.69, 9.17) is 0 Å². The van der Waals surface area contributed by atoms with Crippen molar-refractivity contribution in [2.24, 2.45) is 5.92 Å². The predicted octanol–water partition coefficient (Wildman–Crippen LogP) is 1.53. The van der Waals surface area contributed by atoms with Gasteiger partial charge in [-0.2, -0.15) is 0 Å². The number of aromatic amines is 1. The first-order valence-corrected chi connectivity index (χ1v) is 17.5. The van der Waals surface area contributed by atoms with Gasteiger partial charge in [-0.05, 0) is 68.5 Å². The zero-order chi connectivity index (χ0) is 37.6. The minimum absolute atomic E-state index is 0.0972. The number of hydrogen-bond acceptors (Lipinski definition) is 8. The van der Waals surface area contributed by atoms with Crippen molar-refractivity contribution in [3.8, 4) is 0 Å². The van der Waals surface area contributed by atoms with Gasteiger partial charge in [-0.1, -0.05) is 32.0 Å². The van der Waals surface area contributed by atoms with E-state index >= 15 is 0 Å². The lowest BCUT2D eigenvalue weighted by atomic mass is 10.00. The minimum Gasteiger partial charge on any atom is -0.480 e. The first kappa shape index (κ1) is 38.8. The second-order valence-electron chi connectivity index (χ2n) is 13.0. The van der Waals surface area contributed by atoms with E-state index in [0.29, 0.717) is 27.1 Å². The fourth-order valence-electron chi connectivity index (χ4n) is 5.67. The predicted molar refractivity (Wildman–Crippen MR) is 187 cm³/mol. The molecule has 1 aromatic heterocycles. The first-order chi connectivity index (χ1) is 24.0. The molecule has 6 atom stereocenters. The van der Waals surface area contributed by atoms with Crippen LogP contribution in [0, 0.1) is 18.7 Å². The smallest absolute Gasteiger partial charge is 0.327 e. The third-order valence-corrected chi connectivity index (χ3v) is 9.54. The summed E-state index contributed by atoms with van der Waals surface area (Å²) in [4.78, 5) is 83.1. The summed E-state index contributed by atoms with van der Waals surface area (Å²) in [5.41, 5.74) is 1.67. The number of halogens is 1. The molecule has 0 spiro atoms. The summed E-state index contributed by atoms with van der Waals surface area (Å²) in [6, 6.07) is 4.04. The Morgan fingerprint density at radius 2 is 1.67 bits per heavy atom. The number of carboxylic acids is 1. The average molecular weight is 727 g/mol. The van der Waals surface area contributed by atoms with Crippen molar-refractivity contribution >= 4 is 58.2 Å². The lowest BCUT2D eigenvalue weighted by Crippen LogP contribution is -2.60. The number of H-pyrrole nitrogens is 1. The maximum atomic E-state index is 14.1. The van der Waals surface area contributed by atoms with Gasteiger partial charge in [-0.25, -0.2) is 9.18 Å². The fraction of sp³-hybridized carbons (Fsp3) is 0.429. The second kappa shape index (κ2) is 16.8. The highest BCUT2D eigenvalue weighted by molar-refractivity contribution is 7.99. The first-order valence-electron chi connectivity index (χ1n) is 16.5. The van der Waals surface area contributed by atoms with Crippen molar-refractivity contribution in [3.63, 3.8) is 0 Å². The van der Waals surface area contributed by atoms with Crippen LogP contribution >= 0.6 is 11.8 Å². The third kappa shape index (κ3) is 9.85. The number of carbonyl (C=O) groups excluding carboxylic acids is 5. The number of aromatic nitrogens is 1. The highest BCUT2D eigenvalue weighted by Gasteiger charge is 2.34. The summed E-state index contributed by atoms with van der Waals surface area (Å²) in [5.74, 6) is -6.12. The van der Waals surface area contributed by atoms with E-state index in [2.05, 4.69) is 31.6 Å². The highest BCUT2D eigenvalue weighted by Crippen LogP contribution is 2.31. The molecule has 0 fully saturated rings. The molecule has 51 heavy (non-hydrogen) atoms. The second-order valence-corrected chi connectivity index (χ2v) is 14.1. The van der Waals surface area contributed by atoms with E-state index in [1.54, 1.807) is 31.2 Å². The minimum atomic E-state index is -1.55. The van der Waals surface area contributed by atoms with Crippen LogP contribution in [-0.4, -0.2) is 92.8 Å². The Labute approximate surface area is 298 Å². The SMILES string of the molecule is Cc1cc(F)ccc1C(=O)N[C@H]1Cc2c([nH]c3ccccc23)SC[C@@H](C(=O)O)NC(=O)[C@H]([C@@H](C)O)NC(=O)[C@@H](C)NC(=O)[C@H](CC(C)C)NC1=O. The van der Waals surface area contributed by atoms with Crippen LogP contribution in [0.5, 0.6) is 0 Å². The molecule has 8 N–H and O–H groups in total. The quantitative estimate of drug-likeness (QED) is 0.185. The number of para-hydroxylation sites is 1. The highest BCUT2D eigenvalue weighted by atomic mass is 32.2. The third-order valence-electron chi connectivity index (χ3n) is 8.40. The number of amides is 5. The lowest BCUT2D eigenvalue weighted by Gasteiger charge is -2.27. The number of thioether (sulfide) groups is 1. The van der Waals surface area contributed by atoms with E-state index < -0.39 is 77.6 Å². The van der Waals surface area contributed by atoms with Gasteiger partial charge in [0.15, 0.2) is 0 Å². The molecule has 1 aliphatic rings. The maximum Gasteiger partial charge on any atom is 0.327 e. The number of aliphatic hydroxyl groups excluding tert-OH is 1. The van der Waals surface area contributed by atoms with E-state index in [9.17, 15) is 43.4 Å². The van der Waals surface area contributed by atoms with E-state index in [1.165, 1.54) is 26.0 Å². The van der Waals surface area contributed by atoms with Gasteiger partial charge in [0.25, 0.3) is 5.91 Å². The van der Waals surface area contributed by atoms with Crippen molar-refractivity contribution in [2.75, 3.05) is 5.75 Å². The topological polar surface area (TPSA) is 219 Å². The van der Waals surface area contributed by atoms with Crippen LogP contribution in [-0.2, 0) is 30.4 Å². The molecule has 274 valence electrons. The average Bonchev–Trinajstić information content (AvgIpc) is 3.40. The zero-order valence-electron chi connectivity index (χ0n) is 28.8. The fourth-order valence-corrected chi connectivity index (χ4v) is 6.78. The molecule has 0 aliphatic carbocycles. The molecule has 4 rings (SSSR count). The Hall–Kier alpha value is -4.96. The van der Waals surface area contributed by atoms with Gasteiger partial charge < -0.3 is 41.8 Å².